The van der Waals surface area contributed by atoms with E-state index in [-0.39, 0.29) is 18.5 Å². The summed E-state index contributed by atoms with van der Waals surface area (Å²) in [5, 5.41) is 3.41. The van der Waals surface area contributed by atoms with E-state index in [2.05, 4.69) is 15.3 Å². The highest BCUT2D eigenvalue weighted by Gasteiger charge is 2.04. The molecule has 0 atom stereocenters. The average Bonchev–Trinajstić information content (AvgIpc) is 2.45. The molecule has 0 radical (unpaired) electrons. The molecule has 0 saturated carbocycles. The monoisotopic (exact) mass is 291 g/mol. The summed E-state index contributed by atoms with van der Waals surface area (Å²) in [5.41, 5.74) is 1.76. The second kappa shape index (κ2) is 6.86. The maximum absolute atomic E-state index is 11.6. The molecule has 2 rings (SSSR count). The number of halogens is 1. The number of ether oxygens (including phenoxy) is 1. The first kappa shape index (κ1) is 14.3. The van der Waals surface area contributed by atoms with Crippen molar-refractivity contribution in [2.45, 2.75) is 13.5 Å². The van der Waals surface area contributed by atoms with E-state index in [9.17, 15) is 4.79 Å². The van der Waals surface area contributed by atoms with Crippen LogP contribution in [0.3, 0.4) is 0 Å². The Balaban J connectivity index is 1.77. The molecule has 1 amide bonds. The minimum absolute atomic E-state index is 0.114. The van der Waals surface area contributed by atoms with Gasteiger partial charge in [-0.15, -0.1) is 0 Å². The highest BCUT2D eigenvalue weighted by atomic mass is 35.5. The van der Waals surface area contributed by atoms with Crippen LogP contribution in [0.25, 0.3) is 0 Å². The molecular weight excluding hydrogens is 278 g/mol. The molecule has 1 heterocycles. The Morgan fingerprint density at radius 1 is 1.30 bits per heavy atom. The first-order chi connectivity index (χ1) is 9.63. The van der Waals surface area contributed by atoms with Crippen molar-refractivity contribution in [3.63, 3.8) is 0 Å². The maximum atomic E-state index is 11.6. The van der Waals surface area contributed by atoms with Crippen LogP contribution in [0.5, 0.6) is 6.01 Å². The van der Waals surface area contributed by atoms with Crippen molar-refractivity contribution in [1.29, 1.82) is 0 Å². The van der Waals surface area contributed by atoms with Crippen molar-refractivity contribution >= 4 is 17.5 Å². The van der Waals surface area contributed by atoms with Gasteiger partial charge in [-0.1, -0.05) is 23.7 Å². The lowest BCUT2D eigenvalue weighted by Gasteiger charge is -2.06. The van der Waals surface area contributed by atoms with Gasteiger partial charge >= 0.3 is 6.01 Å². The van der Waals surface area contributed by atoms with E-state index < -0.39 is 0 Å². The van der Waals surface area contributed by atoms with Crippen LogP contribution in [0.2, 0.25) is 5.02 Å². The molecule has 0 spiro atoms. The Morgan fingerprint density at radius 3 is 2.75 bits per heavy atom. The minimum Gasteiger partial charge on any atom is -0.453 e. The van der Waals surface area contributed by atoms with Gasteiger partial charge in [0, 0.05) is 23.5 Å². The molecule has 0 unspecified atom stereocenters. The summed E-state index contributed by atoms with van der Waals surface area (Å²) in [7, 11) is 0. The lowest BCUT2D eigenvalue weighted by molar-refractivity contribution is -0.123. The van der Waals surface area contributed by atoms with Crippen LogP contribution in [-0.2, 0) is 11.3 Å². The molecule has 1 aromatic carbocycles. The summed E-state index contributed by atoms with van der Waals surface area (Å²) in [6.45, 7) is 2.14. The van der Waals surface area contributed by atoms with E-state index in [1.54, 1.807) is 24.4 Å². The highest BCUT2D eigenvalue weighted by molar-refractivity contribution is 6.30. The highest BCUT2D eigenvalue weighted by Crippen LogP contribution is 2.09. The molecule has 0 saturated heterocycles. The fourth-order valence-corrected chi connectivity index (χ4v) is 1.61. The SMILES string of the molecule is Cc1ccnc(OCC(=O)NCc2ccc(Cl)cc2)n1. The molecule has 0 fully saturated rings. The lowest BCUT2D eigenvalue weighted by Crippen LogP contribution is -2.28. The van der Waals surface area contributed by atoms with Gasteiger partial charge in [0.15, 0.2) is 6.61 Å². The molecule has 6 heteroatoms. The van der Waals surface area contributed by atoms with Gasteiger partial charge in [0.2, 0.25) is 0 Å². The zero-order valence-corrected chi connectivity index (χ0v) is 11.7. The van der Waals surface area contributed by atoms with Crippen LogP contribution in [0.15, 0.2) is 36.5 Å². The number of aromatic nitrogens is 2. The van der Waals surface area contributed by atoms with Crippen molar-refractivity contribution < 1.29 is 9.53 Å². The number of aryl methyl sites for hydroxylation is 1. The molecule has 104 valence electrons. The number of carbonyl (C=O) groups is 1. The molecule has 0 aliphatic rings. The number of nitrogens with zero attached hydrogens (tertiary/aromatic N) is 2. The third kappa shape index (κ3) is 4.51. The molecule has 0 bridgehead atoms. The topological polar surface area (TPSA) is 64.1 Å². The minimum atomic E-state index is -0.231. The van der Waals surface area contributed by atoms with Crippen molar-refractivity contribution in [3.05, 3.63) is 52.8 Å². The van der Waals surface area contributed by atoms with Crippen LogP contribution in [0, 0.1) is 6.92 Å². The van der Waals surface area contributed by atoms with Crippen LogP contribution >= 0.6 is 11.6 Å². The van der Waals surface area contributed by atoms with Crippen LogP contribution in [-0.4, -0.2) is 22.5 Å². The standard InChI is InChI=1S/C14H14ClN3O2/c1-10-6-7-16-14(18-10)20-9-13(19)17-8-11-2-4-12(15)5-3-11/h2-7H,8-9H2,1H3,(H,17,19). The summed E-state index contributed by atoms with van der Waals surface area (Å²) in [6.07, 6.45) is 1.59. The predicted molar refractivity (Wildman–Crippen MR) is 75.6 cm³/mol. The normalized spacial score (nSPS) is 10.1. The number of carbonyl (C=O) groups excluding carboxylic acids is 1. The number of nitrogens with one attached hydrogen (secondary N) is 1. The summed E-state index contributed by atoms with van der Waals surface area (Å²) in [6, 6.07) is 9.22. The Kier molecular flexibility index (Phi) is 4.90. The van der Waals surface area contributed by atoms with E-state index in [1.165, 1.54) is 0 Å². The summed E-state index contributed by atoms with van der Waals surface area (Å²) < 4.78 is 5.20. The van der Waals surface area contributed by atoms with Gasteiger partial charge < -0.3 is 10.1 Å². The molecule has 1 aromatic heterocycles. The van der Waals surface area contributed by atoms with E-state index in [0.717, 1.165) is 11.3 Å². The van der Waals surface area contributed by atoms with Gasteiger partial charge in [0.25, 0.3) is 5.91 Å². The fourth-order valence-electron chi connectivity index (χ4n) is 1.48. The first-order valence-electron chi connectivity index (χ1n) is 6.07. The molecule has 0 aliphatic heterocycles. The third-order valence-corrected chi connectivity index (χ3v) is 2.76. The van der Waals surface area contributed by atoms with Crippen molar-refractivity contribution in [3.8, 4) is 6.01 Å². The largest absolute Gasteiger partial charge is 0.453 e. The van der Waals surface area contributed by atoms with Gasteiger partial charge in [-0.2, -0.15) is 0 Å². The Labute approximate surface area is 122 Å². The van der Waals surface area contributed by atoms with E-state index in [0.29, 0.717) is 11.6 Å². The van der Waals surface area contributed by atoms with Crippen molar-refractivity contribution in [2.24, 2.45) is 0 Å². The zero-order valence-electron chi connectivity index (χ0n) is 11.0. The Hall–Kier alpha value is -2.14. The Bertz CT molecular complexity index is 587. The molecule has 5 nitrogen and oxygen atoms in total. The summed E-state index contributed by atoms with van der Waals surface area (Å²) >= 11 is 5.78. The van der Waals surface area contributed by atoms with Crippen LogP contribution in [0.1, 0.15) is 11.3 Å². The predicted octanol–water partition coefficient (Wildman–Crippen LogP) is 2.13. The van der Waals surface area contributed by atoms with E-state index in [4.69, 9.17) is 16.3 Å². The Morgan fingerprint density at radius 2 is 2.05 bits per heavy atom. The van der Waals surface area contributed by atoms with E-state index in [1.807, 2.05) is 19.1 Å². The van der Waals surface area contributed by atoms with Crippen LogP contribution in [0.4, 0.5) is 0 Å². The average molecular weight is 292 g/mol. The molecule has 0 aliphatic carbocycles. The second-order valence-electron chi connectivity index (χ2n) is 4.17. The summed E-state index contributed by atoms with van der Waals surface area (Å²) in [4.78, 5) is 19.6. The number of benzene rings is 1. The van der Waals surface area contributed by atoms with Gasteiger partial charge in [-0.05, 0) is 30.7 Å². The second-order valence-corrected chi connectivity index (χ2v) is 4.61. The quantitative estimate of drug-likeness (QED) is 0.916. The number of amides is 1. The van der Waals surface area contributed by atoms with Crippen molar-refractivity contribution in [1.82, 2.24) is 15.3 Å². The first-order valence-corrected chi connectivity index (χ1v) is 6.45. The smallest absolute Gasteiger partial charge is 0.317 e. The lowest BCUT2D eigenvalue weighted by atomic mass is 10.2. The van der Waals surface area contributed by atoms with Crippen LogP contribution < -0.4 is 10.1 Å². The van der Waals surface area contributed by atoms with Gasteiger partial charge in [0.1, 0.15) is 0 Å². The molecule has 1 N–H and O–H groups in total. The summed E-state index contributed by atoms with van der Waals surface area (Å²) in [5.74, 6) is -0.231. The molecular formula is C14H14ClN3O2. The number of hydrogen-bond acceptors (Lipinski definition) is 4. The maximum Gasteiger partial charge on any atom is 0.317 e. The van der Waals surface area contributed by atoms with Gasteiger partial charge in [-0.3, -0.25) is 4.79 Å². The van der Waals surface area contributed by atoms with Gasteiger partial charge in [-0.25, -0.2) is 9.97 Å². The third-order valence-electron chi connectivity index (χ3n) is 2.51. The number of hydrogen-bond donors (Lipinski definition) is 1. The molecule has 2 aromatic rings. The zero-order chi connectivity index (χ0) is 14.4. The number of rotatable bonds is 5. The van der Waals surface area contributed by atoms with Gasteiger partial charge in [0.05, 0.1) is 0 Å². The van der Waals surface area contributed by atoms with Crippen molar-refractivity contribution in [2.75, 3.05) is 6.61 Å². The molecule has 20 heavy (non-hydrogen) atoms. The fraction of sp³-hybridized carbons (Fsp3) is 0.214. The van der Waals surface area contributed by atoms with E-state index >= 15 is 0 Å².